The molecule has 3 heterocycles. The molecule has 0 aromatic carbocycles. The number of nitrogens with two attached hydrogens (primary N) is 1. The first-order chi connectivity index (χ1) is 10.2. The predicted octanol–water partition coefficient (Wildman–Crippen LogP) is 0.135. The molecule has 2 aliphatic rings. The van der Waals surface area contributed by atoms with Crippen LogP contribution < -0.4 is 21.3 Å². The second kappa shape index (κ2) is 6.11. The van der Waals surface area contributed by atoms with Gasteiger partial charge < -0.3 is 21.3 Å². The van der Waals surface area contributed by atoms with Crippen molar-refractivity contribution in [3.05, 3.63) is 0 Å². The summed E-state index contributed by atoms with van der Waals surface area (Å²) < 4.78 is 0. The highest BCUT2D eigenvalue weighted by Gasteiger charge is 2.20. The van der Waals surface area contributed by atoms with Crippen LogP contribution in [-0.4, -0.2) is 46.5 Å². The summed E-state index contributed by atoms with van der Waals surface area (Å²) in [7, 11) is 0. The molecule has 0 aliphatic carbocycles. The number of carbonyl (C=O) groups excluding carboxylic acids is 1. The summed E-state index contributed by atoms with van der Waals surface area (Å²) in [4.78, 5) is 26.2. The lowest BCUT2D eigenvalue weighted by molar-refractivity contribution is -0.122. The van der Waals surface area contributed by atoms with Crippen molar-refractivity contribution in [3.8, 4) is 0 Å². The molecular weight excluding hydrogens is 270 g/mol. The van der Waals surface area contributed by atoms with Crippen LogP contribution in [0.1, 0.15) is 32.1 Å². The predicted molar refractivity (Wildman–Crippen MR) is 80.0 cm³/mol. The van der Waals surface area contributed by atoms with Gasteiger partial charge in [-0.3, -0.25) is 4.79 Å². The molecule has 0 spiro atoms. The third kappa shape index (κ3) is 3.50. The van der Waals surface area contributed by atoms with E-state index in [1.165, 1.54) is 6.42 Å². The second-order valence-corrected chi connectivity index (χ2v) is 5.55. The van der Waals surface area contributed by atoms with Crippen molar-refractivity contribution in [1.82, 2.24) is 20.3 Å². The van der Waals surface area contributed by atoms with Crippen LogP contribution in [0.4, 0.5) is 17.8 Å². The zero-order valence-electron chi connectivity index (χ0n) is 12.0. The highest BCUT2D eigenvalue weighted by Crippen LogP contribution is 2.18. The van der Waals surface area contributed by atoms with Crippen molar-refractivity contribution >= 4 is 23.8 Å². The number of carbonyl (C=O) groups is 1. The van der Waals surface area contributed by atoms with E-state index in [2.05, 4.69) is 30.5 Å². The number of rotatable bonds is 3. The third-order valence-electron chi connectivity index (χ3n) is 3.88. The van der Waals surface area contributed by atoms with Crippen LogP contribution in [-0.2, 0) is 4.79 Å². The molecule has 21 heavy (non-hydrogen) atoms. The lowest BCUT2D eigenvalue weighted by Crippen LogP contribution is -2.42. The summed E-state index contributed by atoms with van der Waals surface area (Å²) >= 11 is 0. The molecule has 1 amide bonds. The van der Waals surface area contributed by atoms with Gasteiger partial charge >= 0.3 is 0 Å². The van der Waals surface area contributed by atoms with Crippen LogP contribution in [0.3, 0.4) is 0 Å². The third-order valence-corrected chi connectivity index (χ3v) is 3.88. The maximum atomic E-state index is 11.2. The second-order valence-electron chi connectivity index (χ2n) is 5.55. The number of nitrogens with zero attached hydrogens (tertiary/aromatic N) is 4. The molecule has 8 nitrogen and oxygen atoms in total. The Balaban J connectivity index is 1.70. The van der Waals surface area contributed by atoms with Crippen LogP contribution in [0.5, 0.6) is 0 Å². The molecule has 1 aromatic heterocycles. The molecule has 4 N–H and O–H groups in total. The molecule has 0 radical (unpaired) electrons. The van der Waals surface area contributed by atoms with Gasteiger partial charge in [0.05, 0.1) is 0 Å². The largest absolute Gasteiger partial charge is 0.368 e. The van der Waals surface area contributed by atoms with Gasteiger partial charge in [0.15, 0.2) is 0 Å². The van der Waals surface area contributed by atoms with Gasteiger partial charge in [-0.1, -0.05) is 0 Å². The summed E-state index contributed by atoms with van der Waals surface area (Å²) in [5.74, 6) is 1.46. The SMILES string of the molecule is Nc1nc(NC2CCC(=O)NC2)nc(N2CCCCC2)n1. The molecule has 114 valence electrons. The molecule has 2 fully saturated rings. The highest BCUT2D eigenvalue weighted by atomic mass is 16.1. The van der Waals surface area contributed by atoms with E-state index >= 15 is 0 Å². The van der Waals surface area contributed by atoms with E-state index in [1.54, 1.807) is 0 Å². The summed E-state index contributed by atoms with van der Waals surface area (Å²) in [6.07, 6.45) is 4.86. The number of nitrogens with one attached hydrogen (secondary N) is 2. The van der Waals surface area contributed by atoms with E-state index in [-0.39, 0.29) is 17.9 Å². The fourth-order valence-corrected chi connectivity index (χ4v) is 2.72. The first-order valence-corrected chi connectivity index (χ1v) is 7.50. The maximum Gasteiger partial charge on any atom is 0.231 e. The Labute approximate surface area is 123 Å². The molecular formula is C13H21N7O. The van der Waals surface area contributed by atoms with Crippen molar-refractivity contribution in [2.75, 3.05) is 35.6 Å². The zero-order valence-corrected chi connectivity index (χ0v) is 12.0. The highest BCUT2D eigenvalue weighted by molar-refractivity contribution is 5.76. The average Bonchev–Trinajstić information content (AvgIpc) is 2.50. The lowest BCUT2D eigenvalue weighted by Gasteiger charge is -2.27. The van der Waals surface area contributed by atoms with Gasteiger partial charge in [0, 0.05) is 32.1 Å². The Morgan fingerprint density at radius 3 is 2.71 bits per heavy atom. The first-order valence-electron chi connectivity index (χ1n) is 7.50. The van der Waals surface area contributed by atoms with Crippen LogP contribution >= 0.6 is 0 Å². The minimum absolute atomic E-state index is 0.0946. The number of anilines is 3. The number of amides is 1. The van der Waals surface area contributed by atoms with Gasteiger partial charge in [-0.2, -0.15) is 15.0 Å². The number of nitrogen functional groups attached to an aromatic ring is 1. The van der Waals surface area contributed by atoms with Crippen molar-refractivity contribution < 1.29 is 4.79 Å². The fraction of sp³-hybridized carbons (Fsp3) is 0.692. The van der Waals surface area contributed by atoms with E-state index in [4.69, 9.17) is 5.73 Å². The Kier molecular flexibility index (Phi) is 4.03. The smallest absolute Gasteiger partial charge is 0.231 e. The first kappa shape index (κ1) is 13.8. The van der Waals surface area contributed by atoms with Crippen LogP contribution in [0, 0.1) is 0 Å². The van der Waals surface area contributed by atoms with E-state index in [0.29, 0.717) is 24.9 Å². The van der Waals surface area contributed by atoms with Gasteiger partial charge in [-0.05, 0) is 25.7 Å². The normalized spacial score (nSPS) is 22.8. The van der Waals surface area contributed by atoms with E-state index in [0.717, 1.165) is 32.4 Å². The molecule has 0 bridgehead atoms. The van der Waals surface area contributed by atoms with Gasteiger partial charge in [-0.25, -0.2) is 0 Å². The Bertz CT molecular complexity index is 505. The van der Waals surface area contributed by atoms with E-state index < -0.39 is 0 Å². The van der Waals surface area contributed by atoms with Gasteiger partial charge in [0.1, 0.15) is 0 Å². The van der Waals surface area contributed by atoms with Crippen molar-refractivity contribution in [3.63, 3.8) is 0 Å². The van der Waals surface area contributed by atoms with Crippen molar-refractivity contribution in [2.24, 2.45) is 0 Å². The van der Waals surface area contributed by atoms with Gasteiger partial charge in [0.2, 0.25) is 23.8 Å². The molecule has 8 heteroatoms. The molecule has 1 atom stereocenters. The molecule has 1 unspecified atom stereocenters. The fourth-order valence-electron chi connectivity index (χ4n) is 2.72. The number of aromatic nitrogens is 3. The number of hydrogen-bond acceptors (Lipinski definition) is 7. The van der Waals surface area contributed by atoms with E-state index in [9.17, 15) is 4.79 Å². The molecule has 2 aliphatic heterocycles. The molecule has 2 saturated heterocycles. The number of hydrogen-bond donors (Lipinski definition) is 3. The standard InChI is InChI=1S/C13H21N7O/c14-11-17-12(16-9-4-5-10(21)15-8-9)19-13(18-11)20-6-2-1-3-7-20/h9H,1-8H2,(H,15,21)(H3,14,16,17,18,19). The van der Waals surface area contributed by atoms with Gasteiger partial charge in [0.25, 0.3) is 0 Å². The van der Waals surface area contributed by atoms with Crippen molar-refractivity contribution in [2.45, 2.75) is 38.1 Å². The molecule has 3 rings (SSSR count). The van der Waals surface area contributed by atoms with E-state index in [1.807, 2.05) is 0 Å². The number of piperidine rings is 2. The lowest BCUT2D eigenvalue weighted by atomic mass is 10.1. The maximum absolute atomic E-state index is 11.2. The summed E-state index contributed by atoms with van der Waals surface area (Å²) in [5.41, 5.74) is 5.79. The Hall–Kier alpha value is -2.12. The Morgan fingerprint density at radius 1 is 1.19 bits per heavy atom. The quantitative estimate of drug-likeness (QED) is 0.726. The average molecular weight is 291 g/mol. The van der Waals surface area contributed by atoms with Crippen molar-refractivity contribution in [1.29, 1.82) is 0 Å². The van der Waals surface area contributed by atoms with Crippen LogP contribution in [0.25, 0.3) is 0 Å². The summed E-state index contributed by atoms with van der Waals surface area (Å²) in [6, 6.07) is 0.138. The molecule has 1 aromatic rings. The monoisotopic (exact) mass is 291 g/mol. The van der Waals surface area contributed by atoms with Crippen LogP contribution in [0.15, 0.2) is 0 Å². The molecule has 0 saturated carbocycles. The van der Waals surface area contributed by atoms with Crippen LogP contribution in [0.2, 0.25) is 0 Å². The van der Waals surface area contributed by atoms with Gasteiger partial charge in [-0.15, -0.1) is 0 Å². The topological polar surface area (TPSA) is 109 Å². The zero-order chi connectivity index (χ0) is 14.7. The Morgan fingerprint density at radius 2 is 2.00 bits per heavy atom. The summed E-state index contributed by atoms with van der Waals surface area (Å²) in [5, 5.41) is 6.07. The minimum atomic E-state index is 0.0946. The minimum Gasteiger partial charge on any atom is -0.368 e. The summed E-state index contributed by atoms with van der Waals surface area (Å²) in [6.45, 7) is 2.51.